The molecule has 4 atom stereocenters. The van der Waals surface area contributed by atoms with Gasteiger partial charge in [0.2, 0.25) is 5.88 Å². The largest absolute Gasteiger partial charge is 0.415 e. The van der Waals surface area contributed by atoms with Crippen molar-refractivity contribution in [2.45, 2.75) is 81.1 Å². The van der Waals surface area contributed by atoms with Gasteiger partial charge in [0.1, 0.15) is 18.9 Å². The summed E-state index contributed by atoms with van der Waals surface area (Å²) in [7, 11) is 0. The van der Waals surface area contributed by atoms with E-state index in [0.717, 1.165) is 41.5 Å². The second-order valence-corrected chi connectivity index (χ2v) is 15.0. The summed E-state index contributed by atoms with van der Waals surface area (Å²) in [4.78, 5) is 43.2. The van der Waals surface area contributed by atoms with Crippen molar-refractivity contribution in [1.82, 2.24) is 19.5 Å². The molecule has 0 spiro atoms. The Hall–Kier alpha value is -4.63. The van der Waals surface area contributed by atoms with Crippen LogP contribution in [-0.2, 0) is 26.0 Å². The van der Waals surface area contributed by atoms with Crippen molar-refractivity contribution < 1.29 is 29.1 Å². The summed E-state index contributed by atoms with van der Waals surface area (Å²) in [6, 6.07) is 6.18. The highest BCUT2D eigenvalue weighted by atomic mass is 17.2. The molecule has 50 heavy (non-hydrogen) atoms. The quantitative estimate of drug-likeness (QED) is 0.0599. The van der Waals surface area contributed by atoms with E-state index in [2.05, 4.69) is 79.5 Å². The van der Waals surface area contributed by atoms with Gasteiger partial charge in [-0.05, 0) is 86.2 Å². The van der Waals surface area contributed by atoms with Gasteiger partial charge >= 0.3 is 6.09 Å². The van der Waals surface area contributed by atoms with Crippen LogP contribution in [0.15, 0.2) is 18.2 Å². The van der Waals surface area contributed by atoms with Crippen LogP contribution in [0.5, 0.6) is 5.88 Å². The number of aromatic amines is 1. The number of hydrogen-bond donors (Lipinski definition) is 1. The molecule has 4 unspecified atom stereocenters. The fourth-order valence-electron chi connectivity index (χ4n) is 7.57. The lowest BCUT2D eigenvalue weighted by molar-refractivity contribution is -0.244. The normalized spacial score (nSPS) is 19.1. The fourth-order valence-corrected chi connectivity index (χ4v) is 7.57. The second-order valence-electron chi connectivity index (χ2n) is 15.0. The third-order valence-electron chi connectivity index (χ3n) is 9.72. The highest BCUT2D eigenvalue weighted by Crippen LogP contribution is 2.51. The number of carbonyl (C=O) groups excluding carboxylic acids is 1. The van der Waals surface area contributed by atoms with Crippen molar-refractivity contribution in [3.63, 3.8) is 0 Å². The first kappa shape index (κ1) is 38.2. The monoisotopic (exact) mass is 685 g/mol. The molecule has 11 heteroatoms. The number of fused-ring (bicyclic) bond motifs is 1. The van der Waals surface area contributed by atoms with Crippen molar-refractivity contribution in [2.75, 3.05) is 26.3 Å². The van der Waals surface area contributed by atoms with Gasteiger partial charge in [0.25, 0.3) is 5.69 Å². The lowest BCUT2D eigenvalue weighted by Gasteiger charge is -2.48. The van der Waals surface area contributed by atoms with Gasteiger partial charge < -0.3 is 9.64 Å². The maximum atomic E-state index is 13.8. The molecule has 4 rings (SSSR count). The van der Waals surface area contributed by atoms with E-state index in [1.807, 2.05) is 26.1 Å². The van der Waals surface area contributed by atoms with E-state index in [1.165, 1.54) is 4.90 Å². The van der Waals surface area contributed by atoms with Crippen LogP contribution in [-0.4, -0.2) is 51.9 Å². The first-order chi connectivity index (χ1) is 23.8. The molecule has 268 valence electrons. The predicted molar refractivity (Wildman–Crippen MR) is 192 cm³/mol. The summed E-state index contributed by atoms with van der Waals surface area (Å²) in [5, 5.41) is 3.37. The van der Waals surface area contributed by atoms with Gasteiger partial charge in [0.15, 0.2) is 18.0 Å². The van der Waals surface area contributed by atoms with E-state index in [1.54, 1.807) is 4.52 Å². The Kier molecular flexibility index (Phi) is 12.9. The molecule has 1 amide bonds. The summed E-state index contributed by atoms with van der Waals surface area (Å²) in [5.41, 5.74) is 4.73. The molecule has 0 saturated heterocycles. The summed E-state index contributed by atoms with van der Waals surface area (Å²) >= 11 is 0. The highest BCUT2D eigenvalue weighted by Gasteiger charge is 2.43. The number of nitrogens with one attached hydrogen (secondary N) is 1. The molecule has 11 nitrogen and oxygen atoms in total. The number of H-pyrrole nitrogens is 1. The van der Waals surface area contributed by atoms with Gasteiger partial charge in [-0.2, -0.15) is 9.78 Å². The van der Waals surface area contributed by atoms with Gasteiger partial charge in [-0.3, -0.25) is 14.9 Å². The molecule has 0 aliphatic heterocycles. The average molecular weight is 686 g/mol. The van der Waals surface area contributed by atoms with Gasteiger partial charge in [-0.1, -0.05) is 72.1 Å². The minimum Gasteiger partial charge on any atom is -0.402 e. The van der Waals surface area contributed by atoms with Gasteiger partial charge in [-0.15, -0.1) is 0 Å². The van der Waals surface area contributed by atoms with Gasteiger partial charge in [0, 0.05) is 11.1 Å². The molecule has 1 aromatic carbocycles. The number of rotatable bonds is 14. The lowest BCUT2D eigenvalue weighted by atomic mass is 9.57. The first-order valence-corrected chi connectivity index (χ1v) is 17.3. The number of terminal acetylenes is 2. The van der Waals surface area contributed by atoms with Crippen LogP contribution in [0, 0.1) is 80.5 Å². The van der Waals surface area contributed by atoms with E-state index >= 15 is 0 Å². The molecule has 0 bridgehead atoms. The molecule has 0 radical (unpaired) electrons. The summed E-state index contributed by atoms with van der Waals surface area (Å²) in [5.74, 6) is 3.06. The number of aromatic nitrogens is 3. The molecule has 3 aromatic rings. The smallest absolute Gasteiger partial charge is 0.402 e. The summed E-state index contributed by atoms with van der Waals surface area (Å²) < 4.78 is 7.73. The van der Waals surface area contributed by atoms with Crippen LogP contribution >= 0.6 is 0 Å². The van der Waals surface area contributed by atoms with E-state index in [-0.39, 0.29) is 43.3 Å². The maximum Gasteiger partial charge on any atom is 0.415 e. The Bertz CT molecular complexity index is 1720. The van der Waals surface area contributed by atoms with Gasteiger partial charge in [0.05, 0.1) is 19.7 Å². The topological polar surface area (TPSA) is 104 Å². The van der Waals surface area contributed by atoms with E-state index in [0.29, 0.717) is 47.5 Å². The molecule has 2 heterocycles. The van der Waals surface area contributed by atoms with Crippen LogP contribution in [0.4, 0.5) is 10.5 Å². The molecular formula is C39H51N5O6. The van der Waals surface area contributed by atoms with Crippen LogP contribution in [0.2, 0.25) is 0 Å². The van der Waals surface area contributed by atoms with Crippen LogP contribution in [0.1, 0.15) is 77.5 Å². The lowest BCUT2D eigenvalue weighted by Crippen LogP contribution is -2.40. The van der Waals surface area contributed by atoms with E-state index in [9.17, 15) is 4.79 Å². The Morgan fingerprint density at radius 2 is 1.80 bits per heavy atom. The second kappa shape index (κ2) is 16.9. The number of hydrogen-bond acceptors (Lipinski definition) is 7. The summed E-state index contributed by atoms with van der Waals surface area (Å²) in [6.07, 6.45) is 17.3. The number of amides is 1. The van der Waals surface area contributed by atoms with E-state index < -0.39 is 6.09 Å². The van der Waals surface area contributed by atoms with Crippen LogP contribution < -0.4 is 4.74 Å². The van der Waals surface area contributed by atoms with Crippen LogP contribution in [0.3, 0.4) is 0 Å². The molecule has 2 aromatic heterocycles. The summed E-state index contributed by atoms with van der Waals surface area (Å²) in [6.45, 7) is 26.3. The van der Waals surface area contributed by atoms with E-state index in [4.69, 9.17) is 38.9 Å². The number of nitrogens with zero attached hydrogens (tertiary/aromatic N) is 4. The number of ether oxygens (including phenoxy) is 1. The Morgan fingerprint density at radius 3 is 2.38 bits per heavy atom. The molecule has 1 aliphatic carbocycles. The van der Waals surface area contributed by atoms with Crippen molar-refractivity contribution in [1.29, 1.82) is 0 Å². The molecular weight excluding hydrogens is 634 g/mol. The zero-order chi connectivity index (χ0) is 36.6. The minimum atomic E-state index is -0.742. The maximum absolute atomic E-state index is 13.8. The van der Waals surface area contributed by atoms with Crippen molar-refractivity contribution in [3.05, 3.63) is 46.3 Å². The zero-order valence-electron chi connectivity index (χ0n) is 30.7. The van der Waals surface area contributed by atoms with Crippen molar-refractivity contribution in [3.8, 4) is 42.3 Å². The average Bonchev–Trinajstić information content (AvgIpc) is 3.59. The molecule has 1 aliphatic rings. The number of aryl methyl sites for hydroxylation is 2. The Morgan fingerprint density at radius 1 is 1.14 bits per heavy atom. The number of carbonyl (C=O) groups is 1. The van der Waals surface area contributed by atoms with Crippen molar-refractivity contribution in [2.24, 2.45) is 35.0 Å². The molecule has 1 saturated carbocycles. The third-order valence-corrected chi connectivity index (χ3v) is 9.72. The minimum absolute atomic E-state index is 0.0375. The van der Waals surface area contributed by atoms with Crippen molar-refractivity contribution >= 4 is 17.4 Å². The Labute approximate surface area is 296 Å². The first-order valence-electron chi connectivity index (χ1n) is 17.3. The van der Waals surface area contributed by atoms with Crippen LogP contribution in [0.25, 0.3) is 21.9 Å². The third kappa shape index (κ3) is 9.13. The SMILES string of the molecule is [C-]#[N+]c1c(CC2C(CC(C)C)CC(C)CC2C(C)(C)C)c2nc(-c3cc(C)ccc3C)[nH]n2c1OC(=O)N(CCOOC#C)CCOOC#C. The Balaban J connectivity index is 1.84. The molecule has 1 N–H and O–H groups in total. The fraction of sp³-hybridized carbons (Fsp3) is 0.564. The highest BCUT2D eigenvalue weighted by molar-refractivity contribution is 5.80. The molecule has 1 fully saturated rings. The number of benzene rings is 1. The standard InChI is InChI=1S/C39H51N5O6/c1-12-46-48-18-16-43(17-19-49-47-13-2)38(45)50-37-34(40-11)32(36-41-35(42-44(36)37)30-22-26(5)14-15-28(30)7)24-31-29(20-25(3)4)21-27(6)23-33(31)39(8,9)10/h1-2,14-15,22,25,27,29,31,33H,16-21,23-24H2,3-10H3,(H,41,42). The zero-order valence-corrected chi connectivity index (χ0v) is 30.7. The van der Waals surface area contributed by atoms with Gasteiger partial charge in [-0.25, -0.2) is 19.1 Å². The predicted octanol–water partition coefficient (Wildman–Crippen LogP) is 8.29.